The Balaban J connectivity index is 2.22. The van der Waals surface area contributed by atoms with Crippen molar-refractivity contribution in [2.45, 2.75) is 19.4 Å². The third-order valence-corrected chi connectivity index (χ3v) is 2.37. The highest BCUT2D eigenvalue weighted by Gasteiger charge is 2.17. The Bertz CT molecular complexity index is 281. The van der Waals surface area contributed by atoms with E-state index in [4.69, 9.17) is 0 Å². The summed E-state index contributed by atoms with van der Waals surface area (Å²) in [6.45, 7) is 2.17. The minimum atomic E-state index is 0.366. The Kier molecular flexibility index (Phi) is 1.94. The third kappa shape index (κ3) is 1.27. The highest BCUT2D eigenvalue weighted by Crippen LogP contribution is 2.22. The van der Waals surface area contributed by atoms with Crippen molar-refractivity contribution >= 4 is 6.21 Å². The van der Waals surface area contributed by atoms with Crippen molar-refractivity contribution in [2.24, 2.45) is 10.9 Å². The monoisotopic (exact) mass is 159 g/mol. The van der Waals surface area contributed by atoms with Gasteiger partial charge in [0.1, 0.15) is 0 Å². The van der Waals surface area contributed by atoms with Crippen molar-refractivity contribution in [3.63, 3.8) is 0 Å². The van der Waals surface area contributed by atoms with E-state index >= 15 is 0 Å². The molecular weight excluding hydrogens is 146 g/mol. The van der Waals surface area contributed by atoms with Gasteiger partial charge in [0, 0.05) is 12.1 Å². The van der Waals surface area contributed by atoms with Crippen LogP contribution in [0.1, 0.15) is 13.3 Å². The van der Waals surface area contributed by atoms with E-state index in [1.165, 1.54) is 5.57 Å². The lowest BCUT2D eigenvalue weighted by Crippen LogP contribution is -2.18. The fourth-order valence-corrected chi connectivity index (χ4v) is 1.60. The molecule has 0 radical (unpaired) electrons. The van der Waals surface area contributed by atoms with Gasteiger partial charge in [-0.15, -0.1) is 0 Å². The maximum atomic E-state index is 4.47. The van der Waals surface area contributed by atoms with Crippen LogP contribution in [0.4, 0.5) is 0 Å². The second-order valence-electron chi connectivity index (χ2n) is 3.21. The summed E-state index contributed by atoms with van der Waals surface area (Å²) >= 11 is 0. The molecule has 0 aromatic carbocycles. The van der Waals surface area contributed by atoms with Crippen LogP contribution in [0, 0.1) is 5.92 Å². The minimum absolute atomic E-state index is 0.366. The molecule has 2 unspecified atom stereocenters. The maximum absolute atomic E-state index is 4.47. The second kappa shape index (κ2) is 3.10. The fourth-order valence-electron chi connectivity index (χ4n) is 1.60. The van der Waals surface area contributed by atoms with Crippen LogP contribution in [-0.2, 0) is 0 Å². The predicted octanol–water partition coefficient (Wildman–Crippen LogP) is 2.52. The van der Waals surface area contributed by atoms with Gasteiger partial charge in [-0.3, -0.25) is 4.99 Å². The molecule has 0 amide bonds. The van der Waals surface area contributed by atoms with Crippen LogP contribution in [0.3, 0.4) is 0 Å². The topological polar surface area (TPSA) is 12.4 Å². The number of rotatable bonds is 1. The van der Waals surface area contributed by atoms with E-state index in [-0.39, 0.29) is 0 Å². The van der Waals surface area contributed by atoms with E-state index in [2.05, 4.69) is 42.3 Å². The van der Waals surface area contributed by atoms with Crippen molar-refractivity contribution in [2.75, 3.05) is 0 Å². The number of dihydropyridines is 1. The van der Waals surface area contributed by atoms with Gasteiger partial charge in [-0.2, -0.15) is 0 Å². The maximum Gasteiger partial charge on any atom is 0.0780 e. The molecule has 0 fully saturated rings. The molecule has 1 nitrogen and oxygen atoms in total. The predicted molar refractivity (Wildman–Crippen MR) is 52.4 cm³/mol. The van der Waals surface area contributed by atoms with E-state index in [0.717, 1.165) is 6.42 Å². The summed E-state index contributed by atoms with van der Waals surface area (Å²) in [5, 5.41) is 0. The lowest BCUT2D eigenvalue weighted by Gasteiger charge is -2.21. The molecule has 1 heteroatoms. The molecule has 0 saturated heterocycles. The smallest absolute Gasteiger partial charge is 0.0780 e. The molecule has 0 saturated carbocycles. The van der Waals surface area contributed by atoms with E-state index in [1.54, 1.807) is 0 Å². The molecule has 0 aromatic rings. The van der Waals surface area contributed by atoms with Crippen LogP contribution < -0.4 is 0 Å². The summed E-state index contributed by atoms with van der Waals surface area (Å²) in [5.74, 6) is 0.509. The van der Waals surface area contributed by atoms with Gasteiger partial charge in [-0.25, -0.2) is 0 Å². The summed E-state index contributed by atoms with van der Waals surface area (Å²) in [6, 6.07) is 0.366. The summed E-state index contributed by atoms with van der Waals surface area (Å²) < 4.78 is 0. The highest BCUT2D eigenvalue weighted by molar-refractivity contribution is 5.80. The zero-order valence-electron chi connectivity index (χ0n) is 7.27. The molecule has 1 heterocycles. The van der Waals surface area contributed by atoms with Crippen molar-refractivity contribution in [3.05, 3.63) is 36.0 Å². The summed E-state index contributed by atoms with van der Waals surface area (Å²) in [7, 11) is 0. The molecule has 2 atom stereocenters. The molecule has 12 heavy (non-hydrogen) atoms. The Morgan fingerprint density at radius 2 is 2.17 bits per heavy atom. The lowest BCUT2D eigenvalue weighted by atomic mass is 9.91. The second-order valence-corrected chi connectivity index (χ2v) is 3.21. The lowest BCUT2D eigenvalue weighted by molar-refractivity contribution is 0.675. The number of aliphatic imine (C=N–C) groups is 1. The van der Waals surface area contributed by atoms with Crippen molar-refractivity contribution in [1.29, 1.82) is 0 Å². The molecule has 62 valence electrons. The number of allylic oxidation sites excluding steroid dienone is 3. The Morgan fingerprint density at radius 1 is 1.33 bits per heavy atom. The van der Waals surface area contributed by atoms with Gasteiger partial charge in [-0.1, -0.05) is 37.3 Å². The molecule has 0 aromatic heterocycles. The number of hydrogen-bond acceptors (Lipinski definition) is 1. The summed E-state index contributed by atoms with van der Waals surface area (Å²) in [5.41, 5.74) is 1.36. The van der Waals surface area contributed by atoms with Crippen LogP contribution in [0.25, 0.3) is 0 Å². The Hall–Kier alpha value is -1.11. The van der Waals surface area contributed by atoms with E-state index in [9.17, 15) is 0 Å². The van der Waals surface area contributed by atoms with Gasteiger partial charge < -0.3 is 0 Å². The molecule has 2 aliphatic rings. The van der Waals surface area contributed by atoms with Crippen molar-refractivity contribution in [1.82, 2.24) is 0 Å². The van der Waals surface area contributed by atoms with Crippen LogP contribution in [0.15, 0.2) is 40.9 Å². The molecule has 0 N–H and O–H groups in total. The summed E-state index contributed by atoms with van der Waals surface area (Å²) in [6.07, 6.45) is 14.0. The quantitative estimate of drug-likeness (QED) is 0.557. The van der Waals surface area contributed by atoms with Gasteiger partial charge in [-0.05, 0) is 12.0 Å². The normalized spacial score (nSPS) is 31.6. The molecule has 1 aliphatic carbocycles. The highest BCUT2D eigenvalue weighted by atomic mass is 14.8. The van der Waals surface area contributed by atoms with E-state index in [1.807, 2.05) is 6.21 Å². The molecule has 0 bridgehead atoms. The van der Waals surface area contributed by atoms with Crippen LogP contribution in [-0.4, -0.2) is 12.3 Å². The molecule has 1 aliphatic heterocycles. The van der Waals surface area contributed by atoms with Gasteiger partial charge in [0.05, 0.1) is 6.04 Å². The summed E-state index contributed by atoms with van der Waals surface area (Å²) in [4.78, 5) is 4.47. The fraction of sp³-hybridized carbons (Fsp3) is 0.364. The first-order valence-electron chi connectivity index (χ1n) is 4.49. The SMILES string of the molecule is CCC1=CC2C=CC=CC2N=C1. The van der Waals surface area contributed by atoms with E-state index < -0.39 is 0 Å². The average molecular weight is 159 g/mol. The number of hydrogen-bond donors (Lipinski definition) is 0. The number of fused-ring (bicyclic) bond motifs is 1. The zero-order chi connectivity index (χ0) is 8.39. The molecule has 0 spiro atoms. The van der Waals surface area contributed by atoms with Crippen LogP contribution in [0.5, 0.6) is 0 Å². The molecular formula is C11H13N. The largest absolute Gasteiger partial charge is 0.284 e. The van der Waals surface area contributed by atoms with Crippen LogP contribution >= 0.6 is 0 Å². The van der Waals surface area contributed by atoms with Gasteiger partial charge >= 0.3 is 0 Å². The first kappa shape index (κ1) is 7.53. The first-order valence-corrected chi connectivity index (χ1v) is 4.49. The number of nitrogens with zero attached hydrogens (tertiary/aromatic N) is 1. The average Bonchev–Trinajstić information content (AvgIpc) is 2.17. The van der Waals surface area contributed by atoms with Gasteiger partial charge in [0.25, 0.3) is 0 Å². The Labute approximate surface area is 73.2 Å². The zero-order valence-corrected chi connectivity index (χ0v) is 7.27. The minimum Gasteiger partial charge on any atom is -0.284 e. The van der Waals surface area contributed by atoms with Crippen molar-refractivity contribution < 1.29 is 0 Å². The van der Waals surface area contributed by atoms with Gasteiger partial charge in [0.2, 0.25) is 0 Å². The third-order valence-electron chi connectivity index (χ3n) is 2.37. The molecule has 2 rings (SSSR count). The van der Waals surface area contributed by atoms with Crippen LogP contribution in [0.2, 0.25) is 0 Å². The van der Waals surface area contributed by atoms with Gasteiger partial charge in [0.15, 0.2) is 0 Å². The first-order chi connectivity index (χ1) is 5.90. The van der Waals surface area contributed by atoms with Crippen molar-refractivity contribution in [3.8, 4) is 0 Å². The Morgan fingerprint density at radius 3 is 3.00 bits per heavy atom. The van der Waals surface area contributed by atoms with E-state index in [0.29, 0.717) is 12.0 Å². The standard InChI is InChI=1S/C11H13N/c1-2-9-7-10-5-3-4-6-11(10)12-8-9/h3-8,10-11H,2H2,1H3.